The van der Waals surface area contributed by atoms with Crippen LogP contribution >= 0.6 is 0 Å². The van der Waals surface area contributed by atoms with Gasteiger partial charge in [0, 0.05) is 31.6 Å². The maximum Gasteiger partial charge on any atom is 0.222 e. The van der Waals surface area contributed by atoms with Gasteiger partial charge in [-0.1, -0.05) is 17.3 Å². The summed E-state index contributed by atoms with van der Waals surface area (Å²) in [4.78, 5) is 27.1. The SMILES string of the molecule is CC(c1nc2ccccc2[nH]1)c1nc2ccc(C(N)=NO)cc2n1CCCN1CCCC1=O. The van der Waals surface area contributed by atoms with Crippen LogP contribution in [0.3, 0.4) is 0 Å². The highest BCUT2D eigenvalue weighted by molar-refractivity contribution is 5.99. The van der Waals surface area contributed by atoms with Crippen LogP contribution in [0, 0.1) is 0 Å². The molecule has 1 aliphatic rings. The molecule has 9 nitrogen and oxygen atoms in total. The third-order valence-corrected chi connectivity index (χ3v) is 6.37. The Kier molecular flexibility index (Phi) is 5.45. The predicted molar refractivity (Wildman–Crippen MR) is 126 cm³/mol. The Labute approximate surface area is 190 Å². The Morgan fingerprint density at radius 3 is 2.82 bits per heavy atom. The van der Waals surface area contributed by atoms with Gasteiger partial charge >= 0.3 is 0 Å². The Morgan fingerprint density at radius 2 is 2.06 bits per heavy atom. The monoisotopic (exact) mass is 445 g/mol. The molecule has 0 bridgehead atoms. The summed E-state index contributed by atoms with van der Waals surface area (Å²) in [5, 5.41) is 12.3. The number of hydrogen-bond donors (Lipinski definition) is 3. The molecule has 2 aromatic heterocycles. The number of amides is 1. The number of likely N-dealkylation sites (tertiary alicyclic amines) is 1. The highest BCUT2D eigenvalue weighted by Crippen LogP contribution is 2.28. The van der Waals surface area contributed by atoms with Crippen molar-refractivity contribution in [1.82, 2.24) is 24.4 Å². The summed E-state index contributed by atoms with van der Waals surface area (Å²) in [5.41, 5.74) is 10.1. The molecule has 0 radical (unpaired) electrons. The first-order chi connectivity index (χ1) is 16.0. The zero-order valence-corrected chi connectivity index (χ0v) is 18.5. The number of carbonyl (C=O) groups is 1. The smallest absolute Gasteiger partial charge is 0.222 e. The van der Waals surface area contributed by atoms with Gasteiger partial charge in [-0.3, -0.25) is 4.79 Å². The second kappa shape index (κ2) is 8.57. The number of nitrogens with two attached hydrogens (primary N) is 1. The molecule has 5 rings (SSSR count). The maximum absolute atomic E-state index is 12.0. The minimum atomic E-state index is -0.0782. The van der Waals surface area contributed by atoms with Crippen LogP contribution in [0.15, 0.2) is 47.6 Å². The second-order valence-corrected chi connectivity index (χ2v) is 8.51. The molecule has 1 fully saturated rings. The molecular weight excluding hydrogens is 418 g/mol. The van der Waals surface area contributed by atoms with E-state index in [1.54, 1.807) is 6.07 Å². The number of oxime groups is 1. The molecule has 1 amide bonds. The number of imidazole rings is 2. The number of amidine groups is 1. The van der Waals surface area contributed by atoms with Crippen molar-refractivity contribution in [2.45, 2.75) is 38.6 Å². The minimum absolute atomic E-state index is 0.0548. The molecule has 0 spiro atoms. The highest BCUT2D eigenvalue weighted by atomic mass is 16.4. The number of aromatic nitrogens is 4. The summed E-state index contributed by atoms with van der Waals surface area (Å²) in [6.07, 6.45) is 2.39. The van der Waals surface area contributed by atoms with E-state index in [-0.39, 0.29) is 17.7 Å². The van der Waals surface area contributed by atoms with E-state index in [2.05, 4.69) is 21.6 Å². The Balaban J connectivity index is 1.52. The van der Waals surface area contributed by atoms with Crippen LogP contribution in [-0.2, 0) is 11.3 Å². The number of H-pyrrole nitrogens is 1. The Bertz CT molecular complexity index is 1320. The molecule has 1 saturated heterocycles. The number of aromatic amines is 1. The summed E-state index contributed by atoms with van der Waals surface area (Å²) in [5.74, 6) is 1.94. The molecule has 1 aliphatic heterocycles. The predicted octanol–water partition coefficient (Wildman–Crippen LogP) is 3.17. The number of benzene rings is 2. The largest absolute Gasteiger partial charge is 0.409 e. The van der Waals surface area contributed by atoms with Gasteiger partial charge in [0.15, 0.2) is 5.84 Å². The first kappa shape index (κ1) is 21.0. The minimum Gasteiger partial charge on any atom is -0.409 e. The lowest BCUT2D eigenvalue weighted by Crippen LogP contribution is -2.26. The molecular formula is C24H27N7O2. The van der Waals surface area contributed by atoms with Gasteiger partial charge in [-0.25, -0.2) is 9.97 Å². The zero-order valence-electron chi connectivity index (χ0n) is 18.5. The summed E-state index contributed by atoms with van der Waals surface area (Å²) in [6, 6.07) is 13.5. The van der Waals surface area contributed by atoms with Gasteiger partial charge in [-0.2, -0.15) is 0 Å². The molecule has 4 N–H and O–H groups in total. The van der Waals surface area contributed by atoms with Crippen molar-refractivity contribution in [1.29, 1.82) is 0 Å². The second-order valence-electron chi connectivity index (χ2n) is 8.51. The number of nitrogens with zero attached hydrogens (tertiary/aromatic N) is 5. The van der Waals surface area contributed by atoms with Crippen molar-refractivity contribution in [3.8, 4) is 0 Å². The topological polar surface area (TPSA) is 125 Å². The highest BCUT2D eigenvalue weighted by Gasteiger charge is 2.23. The molecule has 2 aromatic carbocycles. The van der Waals surface area contributed by atoms with E-state index in [1.165, 1.54) is 0 Å². The molecule has 4 aromatic rings. The van der Waals surface area contributed by atoms with Gasteiger partial charge in [-0.05, 0) is 50.1 Å². The number of hydrogen-bond acceptors (Lipinski definition) is 5. The summed E-state index contributed by atoms with van der Waals surface area (Å²) < 4.78 is 2.17. The van der Waals surface area contributed by atoms with Crippen LogP contribution in [0.1, 0.15) is 49.3 Å². The van der Waals surface area contributed by atoms with E-state index in [9.17, 15) is 4.79 Å². The van der Waals surface area contributed by atoms with Crippen molar-refractivity contribution in [2.24, 2.45) is 10.9 Å². The van der Waals surface area contributed by atoms with Gasteiger partial charge in [0.05, 0.1) is 28.0 Å². The van der Waals surface area contributed by atoms with Crippen LogP contribution in [0.2, 0.25) is 0 Å². The third kappa shape index (κ3) is 3.90. The standard InChI is InChI=1S/C24H27N7O2/c1-15(23-26-17-6-2-3-7-18(17)27-23)24-28-19-10-9-16(22(25)29-33)14-20(19)31(24)13-5-12-30-11-4-8-21(30)32/h2-3,6-7,9-10,14-15,33H,4-5,8,11-13H2,1H3,(H2,25,29)(H,26,27). The van der Waals surface area contributed by atoms with E-state index in [0.717, 1.165) is 59.6 Å². The van der Waals surface area contributed by atoms with Crippen LogP contribution in [0.5, 0.6) is 0 Å². The van der Waals surface area contributed by atoms with Crippen LogP contribution in [0.4, 0.5) is 0 Å². The van der Waals surface area contributed by atoms with Crippen molar-refractivity contribution in [2.75, 3.05) is 13.1 Å². The first-order valence-electron chi connectivity index (χ1n) is 11.3. The normalized spacial score (nSPS) is 15.7. The molecule has 3 heterocycles. The number of para-hydroxylation sites is 2. The molecule has 9 heteroatoms. The fourth-order valence-corrected chi connectivity index (χ4v) is 4.58. The summed E-state index contributed by atoms with van der Waals surface area (Å²) >= 11 is 0. The molecule has 33 heavy (non-hydrogen) atoms. The van der Waals surface area contributed by atoms with E-state index < -0.39 is 0 Å². The lowest BCUT2D eigenvalue weighted by atomic mass is 10.1. The first-order valence-corrected chi connectivity index (χ1v) is 11.3. The van der Waals surface area contributed by atoms with Gasteiger partial charge in [0.25, 0.3) is 0 Å². The van der Waals surface area contributed by atoms with Crippen LogP contribution in [-0.4, -0.2) is 54.5 Å². The average Bonchev–Trinajstić information content (AvgIpc) is 3.54. The number of carbonyl (C=O) groups excluding carboxylic acids is 1. The molecule has 0 aliphatic carbocycles. The van der Waals surface area contributed by atoms with Crippen molar-refractivity contribution < 1.29 is 10.0 Å². The van der Waals surface area contributed by atoms with E-state index in [4.69, 9.17) is 20.9 Å². The van der Waals surface area contributed by atoms with E-state index >= 15 is 0 Å². The maximum atomic E-state index is 12.0. The van der Waals surface area contributed by atoms with Crippen LogP contribution in [0.25, 0.3) is 22.1 Å². The molecule has 0 saturated carbocycles. The quantitative estimate of drug-likeness (QED) is 0.174. The van der Waals surface area contributed by atoms with Crippen molar-refractivity contribution in [3.05, 3.63) is 59.7 Å². The summed E-state index contributed by atoms with van der Waals surface area (Å²) in [6.45, 7) is 4.33. The van der Waals surface area contributed by atoms with Crippen molar-refractivity contribution in [3.63, 3.8) is 0 Å². The third-order valence-electron chi connectivity index (χ3n) is 6.37. The fourth-order valence-electron chi connectivity index (χ4n) is 4.58. The number of fused-ring (bicyclic) bond motifs is 2. The fraction of sp³-hybridized carbons (Fsp3) is 0.333. The number of nitrogens with one attached hydrogen (secondary N) is 1. The average molecular weight is 446 g/mol. The van der Waals surface area contributed by atoms with E-state index in [1.807, 2.05) is 41.3 Å². The number of rotatable bonds is 7. The van der Waals surface area contributed by atoms with E-state index in [0.29, 0.717) is 18.5 Å². The van der Waals surface area contributed by atoms with Gasteiger partial charge in [-0.15, -0.1) is 0 Å². The lowest BCUT2D eigenvalue weighted by molar-refractivity contribution is -0.127. The molecule has 170 valence electrons. The zero-order chi connectivity index (χ0) is 22.9. The Hall–Kier alpha value is -3.88. The Morgan fingerprint density at radius 1 is 1.21 bits per heavy atom. The molecule has 1 atom stereocenters. The summed E-state index contributed by atoms with van der Waals surface area (Å²) in [7, 11) is 0. The van der Waals surface area contributed by atoms with Gasteiger partial charge in [0.1, 0.15) is 11.6 Å². The van der Waals surface area contributed by atoms with Crippen LogP contribution < -0.4 is 5.73 Å². The van der Waals surface area contributed by atoms with Crippen molar-refractivity contribution >= 4 is 33.8 Å². The number of aryl methyl sites for hydroxylation is 1. The molecule has 1 unspecified atom stereocenters. The van der Waals surface area contributed by atoms with Gasteiger partial charge in [0.2, 0.25) is 5.91 Å². The lowest BCUT2D eigenvalue weighted by Gasteiger charge is -2.17. The van der Waals surface area contributed by atoms with Gasteiger partial charge < -0.3 is 25.4 Å².